The number of aryl methyl sites for hydroxylation is 1. The molecule has 1 aromatic heterocycles. The van der Waals surface area contributed by atoms with Gasteiger partial charge in [-0.3, -0.25) is 4.90 Å². The molecule has 0 aromatic carbocycles. The van der Waals surface area contributed by atoms with Crippen LogP contribution in [0.4, 0.5) is 5.82 Å². The Labute approximate surface area is 108 Å². The summed E-state index contributed by atoms with van der Waals surface area (Å²) in [4.78, 5) is 11.2. The topological polar surface area (TPSA) is 41.1 Å². The van der Waals surface area contributed by atoms with Crippen LogP contribution < -0.4 is 5.32 Å². The highest BCUT2D eigenvalue weighted by atomic mass is 32.2. The van der Waals surface area contributed by atoms with Crippen LogP contribution in [-0.4, -0.2) is 47.0 Å². The Morgan fingerprint density at radius 2 is 2.18 bits per heavy atom. The number of aromatic nitrogens is 2. The van der Waals surface area contributed by atoms with Crippen molar-refractivity contribution in [1.29, 1.82) is 0 Å². The summed E-state index contributed by atoms with van der Waals surface area (Å²) in [6.07, 6.45) is 2.13. The van der Waals surface area contributed by atoms with Crippen LogP contribution in [0.5, 0.6) is 0 Å². The highest BCUT2D eigenvalue weighted by molar-refractivity contribution is 7.98. The van der Waals surface area contributed by atoms with Gasteiger partial charge in [0.15, 0.2) is 0 Å². The SMILES string of the molecule is CCNc1cc(C)nc(CN(C)CCSC)n1. The molecule has 0 aliphatic rings. The highest BCUT2D eigenvalue weighted by Crippen LogP contribution is 2.07. The summed E-state index contributed by atoms with van der Waals surface area (Å²) in [5.41, 5.74) is 1.02. The predicted molar refractivity (Wildman–Crippen MR) is 75.6 cm³/mol. The van der Waals surface area contributed by atoms with E-state index in [0.29, 0.717) is 0 Å². The fraction of sp³-hybridized carbons (Fsp3) is 0.667. The number of nitrogens with one attached hydrogen (secondary N) is 1. The third-order valence-electron chi connectivity index (χ3n) is 2.35. The molecule has 0 radical (unpaired) electrons. The van der Waals surface area contributed by atoms with Crippen LogP contribution in [0.3, 0.4) is 0 Å². The highest BCUT2D eigenvalue weighted by Gasteiger charge is 2.05. The summed E-state index contributed by atoms with van der Waals surface area (Å²) in [5.74, 6) is 2.96. The molecule has 1 N–H and O–H groups in total. The molecule has 0 saturated heterocycles. The lowest BCUT2D eigenvalue weighted by Crippen LogP contribution is -2.22. The van der Waals surface area contributed by atoms with Gasteiger partial charge in [0, 0.05) is 30.6 Å². The van der Waals surface area contributed by atoms with Crippen LogP contribution in [-0.2, 0) is 6.54 Å². The number of rotatable bonds is 7. The molecule has 5 heteroatoms. The molecule has 0 amide bonds. The van der Waals surface area contributed by atoms with Gasteiger partial charge in [-0.1, -0.05) is 0 Å². The molecule has 0 spiro atoms. The Kier molecular flexibility index (Phi) is 6.29. The molecular formula is C12H22N4S. The number of hydrogen-bond acceptors (Lipinski definition) is 5. The van der Waals surface area contributed by atoms with E-state index in [1.165, 1.54) is 0 Å². The smallest absolute Gasteiger partial charge is 0.144 e. The fourth-order valence-corrected chi connectivity index (χ4v) is 2.03. The lowest BCUT2D eigenvalue weighted by Gasteiger charge is -2.15. The minimum atomic E-state index is 0.806. The molecule has 0 aliphatic carbocycles. The van der Waals surface area contributed by atoms with Gasteiger partial charge in [0.05, 0.1) is 6.54 Å². The van der Waals surface area contributed by atoms with Gasteiger partial charge in [-0.05, 0) is 27.2 Å². The standard InChI is InChI=1S/C12H22N4S/c1-5-13-11-8-10(2)14-12(15-11)9-16(3)6-7-17-4/h8H,5-7,9H2,1-4H3,(H,13,14,15). The minimum absolute atomic E-state index is 0.806. The monoisotopic (exact) mass is 254 g/mol. The number of anilines is 1. The summed E-state index contributed by atoms with van der Waals surface area (Å²) in [6, 6.07) is 1.98. The van der Waals surface area contributed by atoms with Gasteiger partial charge in [0.2, 0.25) is 0 Å². The molecule has 1 rings (SSSR count). The average Bonchev–Trinajstić information content (AvgIpc) is 2.26. The Balaban J connectivity index is 2.63. The van der Waals surface area contributed by atoms with Crippen molar-refractivity contribution >= 4 is 17.6 Å². The lowest BCUT2D eigenvalue weighted by molar-refractivity contribution is 0.339. The fourth-order valence-electron chi connectivity index (χ4n) is 1.54. The van der Waals surface area contributed by atoms with Gasteiger partial charge in [-0.25, -0.2) is 9.97 Å². The van der Waals surface area contributed by atoms with Crippen LogP contribution in [0.25, 0.3) is 0 Å². The third kappa shape index (κ3) is 5.37. The molecule has 1 heterocycles. The van der Waals surface area contributed by atoms with Crippen molar-refractivity contribution in [2.45, 2.75) is 20.4 Å². The van der Waals surface area contributed by atoms with E-state index >= 15 is 0 Å². The summed E-state index contributed by atoms with van der Waals surface area (Å²) >= 11 is 1.86. The van der Waals surface area contributed by atoms with E-state index < -0.39 is 0 Å². The van der Waals surface area contributed by atoms with Crippen LogP contribution >= 0.6 is 11.8 Å². The Hall–Kier alpha value is -0.810. The van der Waals surface area contributed by atoms with Crippen molar-refractivity contribution in [1.82, 2.24) is 14.9 Å². The maximum Gasteiger partial charge on any atom is 0.144 e. The van der Waals surface area contributed by atoms with Gasteiger partial charge in [-0.15, -0.1) is 0 Å². The second-order valence-electron chi connectivity index (χ2n) is 4.07. The van der Waals surface area contributed by atoms with E-state index in [1.807, 2.05) is 24.8 Å². The van der Waals surface area contributed by atoms with Gasteiger partial charge in [-0.2, -0.15) is 11.8 Å². The van der Waals surface area contributed by atoms with Crippen LogP contribution in [0, 0.1) is 6.92 Å². The van der Waals surface area contributed by atoms with Gasteiger partial charge < -0.3 is 5.32 Å². The van der Waals surface area contributed by atoms with Crippen molar-refractivity contribution in [3.63, 3.8) is 0 Å². The van der Waals surface area contributed by atoms with Crippen molar-refractivity contribution in [2.75, 3.05) is 37.5 Å². The molecule has 0 bridgehead atoms. The Morgan fingerprint density at radius 3 is 2.82 bits per heavy atom. The van der Waals surface area contributed by atoms with Crippen LogP contribution in [0.1, 0.15) is 18.4 Å². The summed E-state index contributed by atoms with van der Waals surface area (Å²) in [6.45, 7) is 6.84. The summed E-state index contributed by atoms with van der Waals surface area (Å²) in [7, 11) is 2.11. The first-order valence-electron chi connectivity index (χ1n) is 5.91. The van der Waals surface area contributed by atoms with Crippen molar-refractivity contribution in [3.8, 4) is 0 Å². The Morgan fingerprint density at radius 1 is 1.41 bits per heavy atom. The van der Waals surface area contributed by atoms with Crippen molar-refractivity contribution in [2.24, 2.45) is 0 Å². The third-order valence-corrected chi connectivity index (χ3v) is 2.94. The zero-order valence-corrected chi connectivity index (χ0v) is 12.0. The van der Waals surface area contributed by atoms with Crippen molar-refractivity contribution in [3.05, 3.63) is 17.6 Å². The van der Waals surface area contributed by atoms with E-state index in [9.17, 15) is 0 Å². The maximum absolute atomic E-state index is 4.50. The molecule has 4 nitrogen and oxygen atoms in total. The molecule has 0 fully saturated rings. The number of nitrogens with zero attached hydrogens (tertiary/aromatic N) is 3. The average molecular weight is 254 g/mol. The molecular weight excluding hydrogens is 232 g/mol. The molecule has 1 aromatic rings. The van der Waals surface area contributed by atoms with Gasteiger partial charge in [0.1, 0.15) is 11.6 Å². The first kappa shape index (κ1) is 14.3. The van der Waals surface area contributed by atoms with E-state index in [1.54, 1.807) is 0 Å². The van der Waals surface area contributed by atoms with Gasteiger partial charge >= 0.3 is 0 Å². The first-order chi connectivity index (χ1) is 8.15. The quantitative estimate of drug-likeness (QED) is 0.806. The predicted octanol–water partition coefficient (Wildman–Crippen LogP) is 2.01. The van der Waals surface area contributed by atoms with Gasteiger partial charge in [0.25, 0.3) is 0 Å². The summed E-state index contributed by atoms with van der Waals surface area (Å²) < 4.78 is 0. The lowest BCUT2D eigenvalue weighted by atomic mass is 10.4. The number of thioether (sulfide) groups is 1. The van der Waals surface area contributed by atoms with E-state index in [4.69, 9.17) is 0 Å². The summed E-state index contributed by atoms with van der Waals surface area (Å²) in [5, 5.41) is 3.23. The molecule has 0 atom stereocenters. The zero-order chi connectivity index (χ0) is 12.7. The molecule has 0 unspecified atom stereocenters. The first-order valence-corrected chi connectivity index (χ1v) is 7.31. The maximum atomic E-state index is 4.50. The second kappa shape index (κ2) is 7.50. The normalized spacial score (nSPS) is 10.9. The van der Waals surface area contributed by atoms with E-state index in [-0.39, 0.29) is 0 Å². The molecule has 0 saturated carbocycles. The molecule has 17 heavy (non-hydrogen) atoms. The van der Waals surface area contributed by atoms with Crippen LogP contribution in [0.2, 0.25) is 0 Å². The molecule has 96 valence electrons. The zero-order valence-electron chi connectivity index (χ0n) is 11.2. The van der Waals surface area contributed by atoms with Crippen LogP contribution in [0.15, 0.2) is 6.07 Å². The Bertz CT molecular complexity index is 343. The van der Waals surface area contributed by atoms with E-state index in [2.05, 4.69) is 40.4 Å². The van der Waals surface area contributed by atoms with E-state index in [0.717, 1.165) is 42.7 Å². The largest absolute Gasteiger partial charge is 0.370 e. The molecule has 0 aliphatic heterocycles. The van der Waals surface area contributed by atoms with Crippen molar-refractivity contribution < 1.29 is 0 Å². The minimum Gasteiger partial charge on any atom is -0.370 e. The number of hydrogen-bond donors (Lipinski definition) is 1. The second-order valence-corrected chi connectivity index (χ2v) is 5.06.